The minimum absolute atomic E-state index is 0.0546. The second kappa shape index (κ2) is 6.29. The Morgan fingerprint density at radius 3 is 2.36 bits per heavy atom. The molecule has 1 amide bonds. The molecule has 0 spiro atoms. The molecule has 4 heteroatoms. The number of carbonyl (C=O) groups excluding carboxylic acids is 1. The van der Waals surface area contributed by atoms with Crippen LogP contribution in [0.1, 0.15) is 49.8 Å². The smallest absolute Gasteiger partial charge is 0.410 e. The van der Waals surface area contributed by atoms with Crippen LogP contribution >= 0.6 is 0 Å². The predicted octanol–water partition coefficient (Wildman–Crippen LogP) is 3.36. The van der Waals surface area contributed by atoms with Gasteiger partial charge in [0.05, 0.1) is 0 Å². The monoisotopic (exact) mass is 304 g/mol. The summed E-state index contributed by atoms with van der Waals surface area (Å²) in [4.78, 5) is 13.9. The van der Waals surface area contributed by atoms with Gasteiger partial charge in [-0.1, -0.05) is 18.2 Å². The molecule has 0 aliphatic carbocycles. The highest BCUT2D eigenvalue weighted by Gasteiger charge is 2.33. The van der Waals surface area contributed by atoms with E-state index in [4.69, 9.17) is 10.5 Å². The highest BCUT2D eigenvalue weighted by atomic mass is 16.6. The first-order chi connectivity index (χ1) is 10.2. The largest absolute Gasteiger partial charge is 0.444 e. The maximum Gasteiger partial charge on any atom is 0.410 e. The van der Waals surface area contributed by atoms with Crippen LogP contribution in [0.25, 0.3) is 0 Å². The topological polar surface area (TPSA) is 55.6 Å². The molecule has 1 aromatic rings. The molecule has 2 N–H and O–H groups in total. The summed E-state index contributed by atoms with van der Waals surface area (Å²) in [6.45, 7) is 11.2. The Morgan fingerprint density at radius 2 is 1.86 bits per heavy atom. The number of ether oxygens (including phenoxy) is 1. The molecule has 1 heterocycles. The summed E-state index contributed by atoms with van der Waals surface area (Å²) in [5.74, 6) is 0.305. The Balaban J connectivity index is 2.09. The number of hydrogen-bond donors (Lipinski definition) is 1. The van der Waals surface area contributed by atoms with Crippen LogP contribution in [0.15, 0.2) is 18.2 Å². The Kier molecular flexibility index (Phi) is 4.81. The lowest BCUT2D eigenvalue weighted by molar-refractivity contribution is 0.0186. The van der Waals surface area contributed by atoms with Gasteiger partial charge in [-0.25, -0.2) is 4.79 Å². The molecular formula is C18H28N2O2. The molecule has 1 aliphatic heterocycles. The van der Waals surface area contributed by atoms with Crippen molar-refractivity contribution >= 4 is 6.09 Å². The summed E-state index contributed by atoms with van der Waals surface area (Å²) >= 11 is 0. The maximum absolute atomic E-state index is 12.2. The van der Waals surface area contributed by atoms with E-state index >= 15 is 0 Å². The van der Waals surface area contributed by atoms with Gasteiger partial charge in [-0.15, -0.1) is 0 Å². The molecule has 2 atom stereocenters. The zero-order valence-electron chi connectivity index (χ0n) is 14.3. The van der Waals surface area contributed by atoms with Crippen LogP contribution in [0.4, 0.5) is 4.79 Å². The quantitative estimate of drug-likeness (QED) is 0.865. The van der Waals surface area contributed by atoms with Crippen molar-refractivity contribution < 1.29 is 9.53 Å². The molecule has 4 nitrogen and oxygen atoms in total. The first-order valence-corrected chi connectivity index (χ1v) is 7.98. The van der Waals surface area contributed by atoms with Crippen molar-refractivity contribution in [3.63, 3.8) is 0 Å². The van der Waals surface area contributed by atoms with Gasteiger partial charge in [0, 0.05) is 25.0 Å². The first kappa shape index (κ1) is 16.8. The van der Waals surface area contributed by atoms with Crippen molar-refractivity contribution in [1.29, 1.82) is 0 Å². The van der Waals surface area contributed by atoms with Crippen molar-refractivity contribution in [2.24, 2.45) is 5.73 Å². The third kappa shape index (κ3) is 3.80. The van der Waals surface area contributed by atoms with E-state index in [9.17, 15) is 4.79 Å². The van der Waals surface area contributed by atoms with Crippen molar-refractivity contribution in [3.05, 3.63) is 34.9 Å². The fraction of sp³-hybridized carbons (Fsp3) is 0.611. The van der Waals surface area contributed by atoms with E-state index in [1.165, 1.54) is 16.7 Å². The molecule has 22 heavy (non-hydrogen) atoms. The number of hydrogen-bond acceptors (Lipinski definition) is 3. The molecule has 122 valence electrons. The van der Waals surface area contributed by atoms with E-state index in [1.807, 2.05) is 20.8 Å². The normalized spacial score (nSPS) is 22.5. The third-order valence-corrected chi connectivity index (χ3v) is 4.22. The number of piperidine rings is 1. The van der Waals surface area contributed by atoms with Crippen LogP contribution in [0, 0.1) is 13.8 Å². The van der Waals surface area contributed by atoms with Gasteiger partial charge in [0.1, 0.15) is 5.60 Å². The molecule has 0 bridgehead atoms. The fourth-order valence-electron chi connectivity index (χ4n) is 3.24. The number of nitrogens with two attached hydrogens (primary N) is 1. The Bertz CT molecular complexity index is 528. The van der Waals surface area contributed by atoms with E-state index in [0.717, 1.165) is 6.42 Å². The van der Waals surface area contributed by atoms with E-state index < -0.39 is 5.60 Å². The van der Waals surface area contributed by atoms with Crippen LogP contribution in [0.2, 0.25) is 0 Å². The van der Waals surface area contributed by atoms with Crippen molar-refractivity contribution in [2.45, 2.75) is 58.6 Å². The summed E-state index contributed by atoms with van der Waals surface area (Å²) in [6, 6.07) is 6.29. The zero-order chi connectivity index (χ0) is 16.5. The van der Waals surface area contributed by atoms with E-state index in [-0.39, 0.29) is 12.1 Å². The average Bonchev–Trinajstić information content (AvgIpc) is 2.38. The van der Waals surface area contributed by atoms with Crippen LogP contribution < -0.4 is 5.73 Å². The Morgan fingerprint density at radius 1 is 1.27 bits per heavy atom. The summed E-state index contributed by atoms with van der Waals surface area (Å²) in [7, 11) is 0. The lowest BCUT2D eigenvalue weighted by atomic mass is 9.81. The second-order valence-corrected chi connectivity index (χ2v) is 7.29. The van der Waals surface area contributed by atoms with Crippen molar-refractivity contribution in [1.82, 2.24) is 4.90 Å². The molecule has 0 radical (unpaired) electrons. The van der Waals surface area contributed by atoms with Gasteiger partial charge >= 0.3 is 6.09 Å². The van der Waals surface area contributed by atoms with Crippen LogP contribution in [-0.4, -0.2) is 35.7 Å². The molecule has 0 saturated carbocycles. The van der Waals surface area contributed by atoms with Gasteiger partial charge in [-0.05, 0) is 57.7 Å². The maximum atomic E-state index is 12.2. The molecule has 1 aromatic carbocycles. The molecule has 2 unspecified atom stereocenters. The minimum Gasteiger partial charge on any atom is -0.444 e. The first-order valence-electron chi connectivity index (χ1n) is 7.98. The number of aryl methyl sites for hydroxylation is 2. The Hall–Kier alpha value is -1.55. The van der Waals surface area contributed by atoms with Gasteiger partial charge in [0.25, 0.3) is 0 Å². The predicted molar refractivity (Wildman–Crippen MR) is 89.1 cm³/mol. The summed E-state index contributed by atoms with van der Waals surface area (Å²) in [5, 5.41) is 0. The second-order valence-electron chi connectivity index (χ2n) is 7.29. The van der Waals surface area contributed by atoms with Crippen molar-refractivity contribution in [3.8, 4) is 0 Å². The SMILES string of the molecule is Cc1cccc(C)c1C1CCN(C(=O)OC(C)(C)C)CC1N. The van der Waals surface area contributed by atoms with E-state index in [2.05, 4.69) is 32.0 Å². The van der Waals surface area contributed by atoms with Crippen molar-refractivity contribution in [2.75, 3.05) is 13.1 Å². The number of benzene rings is 1. The summed E-state index contributed by atoms with van der Waals surface area (Å²) in [5.41, 5.74) is 9.84. The minimum atomic E-state index is -0.468. The standard InChI is InChI=1S/C18H28N2O2/c1-12-7-6-8-13(2)16(12)14-9-10-20(11-15(14)19)17(21)22-18(3,4)5/h6-8,14-15H,9-11,19H2,1-5H3. The number of carbonyl (C=O) groups is 1. The number of nitrogens with zero attached hydrogens (tertiary/aromatic N) is 1. The lowest BCUT2D eigenvalue weighted by Crippen LogP contribution is -2.51. The van der Waals surface area contributed by atoms with Gasteiger partial charge in [-0.3, -0.25) is 0 Å². The zero-order valence-corrected chi connectivity index (χ0v) is 14.3. The average molecular weight is 304 g/mol. The fourth-order valence-corrected chi connectivity index (χ4v) is 3.24. The van der Waals surface area contributed by atoms with Gasteiger partial charge in [0.15, 0.2) is 0 Å². The highest BCUT2D eigenvalue weighted by molar-refractivity contribution is 5.68. The number of likely N-dealkylation sites (tertiary alicyclic amines) is 1. The Labute approximate surface area is 133 Å². The van der Waals surface area contributed by atoms with Crippen LogP contribution in [0.5, 0.6) is 0 Å². The molecule has 0 aromatic heterocycles. The molecule has 2 rings (SSSR count). The molecule has 1 saturated heterocycles. The number of rotatable bonds is 1. The summed E-state index contributed by atoms with van der Waals surface area (Å²) < 4.78 is 5.45. The summed E-state index contributed by atoms with van der Waals surface area (Å²) in [6.07, 6.45) is 0.620. The van der Waals surface area contributed by atoms with Gasteiger partial charge in [-0.2, -0.15) is 0 Å². The van der Waals surface area contributed by atoms with E-state index in [1.54, 1.807) is 4.90 Å². The number of amides is 1. The van der Waals surface area contributed by atoms with Gasteiger partial charge in [0.2, 0.25) is 0 Å². The van der Waals surface area contributed by atoms with Crippen LogP contribution in [-0.2, 0) is 4.74 Å². The van der Waals surface area contributed by atoms with Crippen LogP contribution in [0.3, 0.4) is 0 Å². The molecule has 1 fully saturated rings. The lowest BCUT2D eigenvalue weighted by Gasteiger charge is -2.38. The highest BCUT2D eigenvalue weighted by Crippen LogP contribution is 2.32. The van der Waals surface area contributed by atoms with Gasteiger partial charge < -0.3 is 15.4 Å². The third-order valence-electron chi connectivity index (χ3n) is 4.22. The van der Waals surface area contributed by atoms with E-state index in [0.29, 0.717) is 19.0 Å². The molecule has 1 aliphatic rings. The molecular weight excluding hydrogens is 276 g/mol.